The van der Waals surface area contributed by atoms with Gasteiger partial charge in [-0.15, -0.1) is 11.3 Å². The maximum absolute atomic E-state index is 13.6. The SMILES string of the molecule is Cc1nc2c(CNC(=O)NCCCCCCCCN(C(=O)OCc3ccccc3)C3CCC(Nc4ncc(Cl)c(-c5cnn(C)c5CC5CC5)n4)CC3)scc2c(=O)n1C1CCC(=O)NC1=O. The number of urea groups is 1. The number of nitrogens with zero attached hydrogens (tertiary/aromatic N) is 7. The number of benzene rings is 1. The summed E-state index contributed by atoms with van der Waals surface area (Å²) in [5.74, 6) is 0.764. The van der Waals surface area contributed by atoms with Gasteiger partial charge in [-0.25, -0.2) is 24.5 Å². The number of aromatic nitrogens is 6. The highest BCUT2D eigenvalue weighted by Crippen LogP contribution is 2.37. The number of halogens is 1. The number of carbonyl (C=O) groups excluding carboxylic acids is 4. The lowest BCUT2D eigenvalue weighted by atomic mass is 9.90. The van der Waals surface area contributed by atoms with E-state index in [-0.39, 0.29) is 61.7 Å². The number of aryl methyl sites for hydroxylation is 2. The molecular weight excluding hydrogens is 894 g/mol. The Morgan fingerprint density at radius 3 is 2.46 bits per heavy atom. The summed E-state index contributed by atoms with van der Waals surface area (Å²) in [6, 6.07) is 8.90. The monoisotopic (exact) mass is 953 g/mol. The van der Waals surface area contributed by atoms with Gasteiger partial charge in [-0.1, -0.05) is 67.6 Å². The number of hydrogen-bond donors (Lipinski definition) is 4. The summed E-state index contributed by atoms with van der Waals surface area (Å²) in [5, 5.41) is 18.7. The van der Waals surface area contributed by atoms with Crippen molar-refractivity contribution in [3.63, 3.8) is 0 Å². The van der Waals surface area contributed by atoms with Gasteiger partial charge in [-0.2, -0.15) is 5.10 Å². The molecule has 5 heterocycles. The lowest BCUT2D eigenvalue weighted by molar-refractivity contribution is -0.135. The Balaban J connectivity index is 0.756. The Morgan fingerprint density at radius 1 is 0.940 bits per heavy atom. The molecule has 19 heteroatoms. The first-order valence-electron chi connectivity index (χ1n) is 23.6. The zero-order chi connectivity index (χ0) is 46.9. The second-order valence-electron chi connectivity index (χ2n) is 18.0. The molecule has 1 aliphatic heterocycles. The van der Waals surface area contributed by atoms with Gasteiger partial charge < -0.3 is 25.6 Å². The minimum Gasteiger partial charge on any atom is -0.445 e. The van der Waals surface area contributed by atoms with E-state index in [0.717, 1.165) is 92.3 Å². The lowest BCUT2D eigenvalue weighted by Gasteiger charge is -2.36. The second kappa shape index (κ2) is 22.3. The average Bonchev–Trinajstić information content (AvgIpc) is 3.95. The molecule has 2 aliphatic carbocycles. The maximum Gasteiger partial charge on any atom is 0.410 e. The van der Waals surface area contributed by atoms with Crippen LogP contribution in [0.25, 0.3) is 22.2 Å². The van der Waals surface area contributed by atoms with Gasteiger partial charge in [0.25, 0.3) is 5.56 Å². The number of hydrogen-bond acceptors (Lipinski definition) is 12. The highest BCUT2D eigenvalue weighted by atomic mass is 35.5. The molecule has 0 spiro atoms. The van der Waals surface area contributed by atoms with Crippen LogP contribution in [0.3, 0.4) is 0 Å². The van der Waals surface area contributed by atoms with E-state index in [2.05, 4.69) is 36.3 Å². The van der Waals surface area contributed by atoms with Gasteiger partial charge in [-0.3, -0.25) is 28.9 Å². The van der Waals surface area contributed by atoms with Gasteiger partial charge in [-0.05, 0) is 82.6 Å². The summed E-state index contributed by atoms with van der Waals surface area (Å²) in [4.78, 5) is 80.5. The van der Waals surface area contributed by atoms with Crippen molar-refractivity contribution in [2.24, 2.45) is 13.0 Å². The third kappa shape index (κ3) is 12.2. The van der Waals surface area contributed by atoms with E-state index >= 15 is 0 Å². The Labute approximate surface area is 398 Å². The molecule has 1 unspecified atom stereocenters. The molecule has 1 saturated heterocycles. The number of piperidine rings is 1. The first-order chi connectivity index (χ1) is 32.5. The Bertz CT molecular complexity index is 2610. The first kappa shape index (κ1) is 47.6. The highest BCUT2D eigenvalue weighted by molar-refractivity contribution is 7.11. The van der Waals surface area contributed by atoms with Gasteiger partial charge in [0.05, 0.1) is 45.4 Å². The molecule has 5 amide bonds. The third-order valence-corrected chi connectivity index (χ3v) is 14.4. The standard InChI is InChI=1S/C48H60ClN11O6S/c1-30-54-43-36(45(63)60(30)38-20-21-41(61)56-44(38)62)29-67-40(43)27-52-47(64)50-22-10-5-3-4-6-11-23-59(48(65)66-28-32-12-8-7-9-13-32)34-18-16-33(17-19-34)55-46-51-26-37(49)42(57-46)35-25-53-58(2)39(35)24-31-14-15-31/h7-9,12-13,25-26,29,31,33-34,38H,3-6,10-11,14-24,27-28H2,1-2H3,(H2,50,52,64)(H,51,55,57)(H,56,61,62). The molecule has 1 atom stereocenters. The van der Waals surface area contributed by atoms with Crippen molar-refractivity contribution < 1.29 is 23.9 Å². The van der Waals surface area contributed by atoms with E-state index in [9.17, 15) is 24.0 Å². The van der Waals surface area contributed by atoms with E-state index in [1.165, 1.54) is 28.7 Å². The van der Waals surface area contributed by atoms with Crippen LogP contribution in [-0.2, 0) is 40.9 Å². The van der Waals surface area contributed by atoms with Gasteiger partial charge in [0.15, 0.2) is 0 Å². The van der Waals surface area contributed by atoms with E-state index in [0.29, 0.717) is 52.4 Å². The van der Waals surface area contributed by atoms with Crippen LogP contribution >= 0.6 is 22.9 Å². The number of anilines is 1. The summed E-state index contributed by atoms with van der Waals surface area (Å²) in [6.07, 6.45) is 16.1. The molecule has 3 fully saturated rings. The van der Waals surface area contributed by atoms with Crippen LogP contribution in [0.4, 0.5) is 15.5 Å². The fourth-order valence-corrected chi connectivity index (χ4v) is 10.3. The summed E-state index contributed by atoms with van der Waals surface area (Å²) >= 11 is 7.97. The molecule has 1 aromatic carbocycles. The van der Waals surface area contributed by atoms with Crippen LogP contribution in [0.1, 0.15) is 118 Å². The van der Waals surface area contributed by atoms with E-state index in [1.807, 2.05) is 53.2 Å². The number of amides is 5. The van der Waals surface area contributed by atoms with Gasteiger partial charge in [0.1, 0.15) is 18.5 Å². The average molecular weight is 955 g/mol. The molecule has 2 saturated carbocycles. The Kier molecular flexibility index (Phi) is 15.8. The molecule has 17 nitrogen and oxygen atoms in total. The topological polar surface area (TPSA) is 207 Å². The van der Waals surface area contributed by atoms with E-state index in [1.54, 1.807) is 18.5 Å². The fraction of sp³-hybridized carbons (Fsp3) is 0.521. The normalized spacial score (nSPS) is 18.4. The summed E-state index contributed by atoms with van der Waals surface area (Å²) in [7, 11) is 1.97. The largest absolute Gasteiger partial charge is 0.445 e. The quantitative estimate of drug-likeness (QED) is 0.0438. The molecule has 5 aromatic rings. The van der Waals surface area contributed by atoms with Crippen LogP contribution < -0.4 is 26.8 Å². The maximum atomic E-state index is 13.6. The molecule has 8 rings (SSSR count). The van der Waals surface area contributed by atoms with Crippen LogP contribution in [0.5, 0.6) is 0 Å². The number of nitrogens with one attached hydrogen (secondary N) is 4. The van der Waals surface area contributed by atoms with Crippen molar-refractivity contribution in [1.29, 1.82) is 0 Å². The molecule has 4 N–H and O–H groups in total. The number of thiophene rings is 1. The van der Waals surface area contributed by atoms with Crippen molar-refractivity contribution in [2.75, 3.05) is 18.4 Å². The summed E-state index contributed by atoms with van der Waals surface area (Å²) in [6.45, 7) is 3.25. The third-order valence-electron chi connectivity index (χ3n) is 13.1. The summed E-state index contributed by atoms with van der Waals surface area (Å²) < 4.78 is 9.15. The number of rotatable bonds is 20. The zero-order valence-corrected chi connectivity index (χ0v) is 39.8. The number of imide groups is 1. The van der Waals surface area contributed by atoms with Crippen molar-refractivity contribution in [3.05, 3.63) is 85.4 Å². The number of ether oxygens (including phenoxy) is 1. The molecular formula is C48H60ClN11O6S. The van der Waals surface area contributed by atoms with Crippen molar-refractivity contribution in [2.45, 2.75) is 135 Å². The molecule has 0 radical (unpaired) electrons. The van der Waals surface area contributed by atoms with Crippen LogP contribution in [-0.4, -0.2) is 83.3 Å². The highest BCUT2D eigenvalue weighted by Gasteiger charge is 2.33. The number of carbonyl (C=O) groups is 4. The van der Waals surface area contributed by atoms with Crippen molar-refractivity contribution >= 4 is 63.7 Å². The Hall–Kier alpha value is -5.88. The summed E-state index contributed by atoms with van der Waals surface area (Å²) in [5.41, 5.74) is 3.92. The van der Waals surface area contributed by atoms with E-state index < -0.39 is 11.9 Å². The fourth-order valence-electron chi connectivity index (χ4n) is 9.18. The number of unbranched alkanes of at least 4 members (excludes halogenated alkanes) is 5. The van der Waals surface area contributed by atoms with Gasteiger partial charge in [0, 0.05) is 55.3 Å². The molecule has 67 heavy (non-hydrogen) atoms. The minimum absolute atomic E-state index is 0.0699. The van der Waals surface area contributed by atoms with Crippen LogP contribution in [0, 0.1) is 12.8 Å². The number of fused-ring (bicyclic) bond motifs is 1. The smallest absolute Gasteiger partial charge is 0.410 e. The molecule has 3 aliphatic rings. The molecule has 0 bridgehead atoms. The van der Waals surface area contributed by atoms with Gasteiger partial charge in [0.2, 0.25) is 17.8 Å². The molecule has 356 valence electrons. The zero-order valence-electron chi connectivity index (χ0n) is 38.2. The van der Waals surface area contributed by atoms with Crippen molar-refractivity contribution in [1.82, 2.24) is 50.1 Å². The van der Waals surface area contributed by atoms with Crippen LogP contribution in [0.15, 0.2) is 52.9 Å². The Morgan fingerprint density at radius 2 is 1.70 bits per heavy atom. The molecule has 4 aromatic heterocycles. The van der Waals surface area contributed by atoms with Crippen LogP contribution in [0.2, 0.25) is 5.02 Å². The van der Waals surface area contributed by atoms with E-state index in [4.69, 9.17) is 21.3 Å². The predicted molar refractivity (Wildman–Crippen MR) is 257 cm³/mol. The second-order valence-corrected chi connectivity index (χ2v) is 19.4. The van der Waals surface area contributed by atoms with Crippen molar-refractivity contribution in [3.8, 4) is 11.3 Å². The van der Waals surface area contributed by atoms with Gasteiger partial charge >= 0.3 is 12.1 Å². The predicted octanol–water partition coefficient (Wildman–Crippen LogP) is 7.74. The lowest BCUT2D eigenvalue weighted by Crippen LogP contribution is -2.45. The minimum atomic E-state index is -0.789. The first-order valence-corrected chi connectivity index (χ1v) is 24.9.